The van der Waals surface area contributed by atoms with Gasteiger partial charge in [-0.3, -0.25) is 4.79 Å². The zero-order valence-corrected chi connectivity index (χ0v) is 11.6. The molecule has 0 heterocycles. The molecule has 0 spiro atoms. The van der Waals surface area contributed by atoms with Crippen molar-refractivity contribution < 1.29 is 61.3 Å². The molecule has 0 fully saturated rings. The molecule has 0 saturated heterocycles. The van der Waals surface area contributed by atoms with E-state index in [9.17, 15) is 4.79 Å². The van der Waals surface area contributed by atoms with Crippen LogP contribution < -0.4 is 51.4 Å². The Balaban J connectivity index is 0.00000169. The van der Waals surface area contributed by atoms with E-state index in [4.69, 9.17) is 10.8 Å². The van der Waals surface area contributed by atoms with Gasteiger partial charge in [0.15, 0.2) is 0 Å². The van der Waals surface area contributed by atoms with Crippen molar-refractivity contribution in [1.82, 2.24) is 0 Å². The van der Waals surface area contributed by atoms with Crippen LogP contribution >= 0.6 is 0 Å². The number of aliphatic carboxylic acids is 1. The Morgan fingerprint density at radius 1 is 1.43 bits per heavy atom. The summed E-state index contributed by atoms with van der Waals surface area (Å²) in [7, 11) is 0. The van der Waals surface area contributed by atoms with Crippen LogP contribution in [0.15, 0.2) is 24.3 Å². The van der Waals surface area contributed by atoms with Crippen LogP contribution in [0.3, 0.4) is 0 Å². The minimum Gasteiger partial charge on any atom is -0.665 e. The van der Waals surface area contributed by atoms with Gasteiger partial charge in [-0.25, -0.2) is 0 Å². The van der Waals surface area contributed by atoms with E-state index >= 15 is 0 Å². The quantitative estimate of drug-likeness (QED) is 0.663. The zero-order valence-electron chi connectivity index (χ0n) is 8.45. The molecule has 0 amide bonds. The fourth-order valence-electron chi connectivity index (χ4n) is 1.05. The molecule has 3 nitrogen and oxygen atoms in total. The normalized spacial score (nSPS) is 11.6. The van der Waals surface area contributed by atoms with Crippen LogP contribution in [0.4, 0.5) is 0 Å². The van der Waals surface area contributed by atoms with Crippen molar-refractivity contribution in [2.75, 3.05) is 0 Å². The molecule has 4 heteroatoms. The minimum absolute atomic E-state index is 0. The summed E-state index contributed by atoms with van der Waals surface area (Å²) in [5.41, 5.74) is 9.25. The molecule has 1 rings (SSSR count). The van der Waals surface area contributed by atoms with Crippen molar-refractivity contribution in [2.24, 2.45) is 0 Å². The summed E-state index contributed by atoms with van der Waals surface area (Å²) in [6, 6.07) is 6.51. The van der Waals surface area contributed by atoms with E-state index in [1.165, 1.54) is 0 Å². The molecule has 0 aliphatic carbocycles. The molecule has 0 aliphatic rings. The summed E-state index contributed by atoms with van der Waals surface area (Å²) in [5.74, 6) is -1.07. The van der Waals surface area contributed by atoms with Crippen LogP contribution in [0, 0.1) is 6.92 Å². The minimum atomic E-state index is -1.07. The third-order valence-electron chi connectivity index (χ3n) is 1.86. The topological polar surface area (TPSA) is 61.1 Å². The number of carboxylic acid groups (broad SMARTS) is 1. The largest absolute Gasteiger partial charge is 1.00 e. The van der Waals surface area contributed by atoms with E-state index in [-0.39, 0.29) is 57.8 Å². The first-order valence-electron chi connectivity index (χ1n) is 4.09. The number of nitrogens with one attached hydrogen (secondary N) is 1. The summed E-state index contributed by atoms with van der Waals surface area (Å²) in [6.45, 7) is 1.97. The van der Waals surface area contributed by atoms with Crippen LogP contribution in [-0.2, 0) is 11.2 Å². The monoisotopic (exact) mass is 217 g/mol. The van der Waals surface area contributed by atoms with Crippen molar-refractivity contribution in [1.29, 1.82) is 0 Å². The number of benzene rings is 1. The number of carboxylic acids is 1. The van der Waals surface area contributed by atoms with Crippen LogP contribution in [0.25, 0.3) is 5.73 Å². The second-order valence-electron chi connectivity index (χ2n) is 3.08. The van der Waals surface area contributed by atoms with E-state index < -0.39 is 12.0 Å². The molecule has 0 aliphatic heterocycles. The van der Waals surface area contributed by atoms with Gasteiger partial charge in [-0.1, -0.05) is 29.8 Å². The first kappa shape index (κ1) is 14.3. The van der Waals surface area contributed by atoms with Gasteiger partial charge in [0.05, 0.1) is 0 Å². The molecule has 0 bridgehead atoms. The Kier molecular flexibility index (Phi) is 6.85. The molecule has 1 aromatic carbocycles. The SMILES string of the molecule is Cc1ccc(C[C@H]([NH-])C(=O)O)cc1.[K+]. The molecule has 0 radical (unpaired) electrons. The first-order valence-corrected chi connectivity index (χ1v) is 4.09. The van der Waals surface area contributed by atoms with E-state index in [1.807, 2.05) is 31.2 Å². The Labute approximate surface area is 126 Å². The van der Waals surface area contributed by atoms with Gasteiger partial charge in [0.1, 0.15) is 0 Å². The van der Waals surface area contributed by atoms with E-state index in [2.05, 4.69) is 0 Å². The Hall–Kier alpha value is 0.286. The van der Waals surface area contributed by atoms with Crippen LogP contribution in [-0.4, -0.2) is 17.1 Å². The second kappa shape index (κ2) is 6.71. The molecule has 0 saturated carbocycles. The zero-order chi connectivity index (χ0) is 9.84. The van der Waals surface area contributed by atoms with E-state index in [0.717, 1.165) is 11.1 Å². The summed E-state index contributed by atoms with van der Waals surface area (Å²) in [4.78, 5) is 10.4. The smallest absolute Gasteiger partial charge is 0.665 e. The molecule has 2 N–H and O–H groups in total. The molecule has 0 aromatic heterocycles. The third kappa shape index (κ3) is 4.68. The number of hydrogen-bond acceptors (Lipinski definition) is 1. The van der Waals surface area contributed by atoms with Crippen molar-refractivity contribution in [3.8, 4) is 0 Å². The molecule has 70 valence electrons. The average Bonchev–Trinajstić information content (AvgIpc) is 2.08. The van der Waals surface area contributed by atoms with Crippen LogP contribution in [0.1, 0.15) is 11.1 Å². The third-order valence-corrected chi connectivity index (χ3v) is 1.86. The molecule has 0 unspecified atom stereocenters. The van der Waals surface area contributed by atoms with Crippen LogP contribution in [0.2, 0.25) is 0 Å². The van der Waals surface area contributed by atoms with Gasteiger partial charge >= 0.3 is 51.4 Å². The molecule has 14 heavy (non-hydrogen) atoms. The summed E-state index contributed by atoms with van der Waals surface area (Å²) in [6.07, 6.45) is 0.273. The van der Waals surface area contributed by atoms with Gasteiger partial charge in [0, 0.05) is 0 Å². The summed E-state index contributed by atoms with van der Waals surface area (Å²) in [5, 5.41) is 8.51. The number of aryl methyl sites for hydroxylation is 1. The number of carbonyl (C=O) groups is 1. The van der Waals surface area contributed by atoms with Crippen LogP contribution in [0.5, 0.6) is 0 Å². The van der Waals surface area contributed by atoms with E-state index in [0.29, 0.717) is 0 Å². The van der Waals surface area contributed by atoms with Crippen molar-refractivity contribution in [3.63, 3.8) is 0 Å². The Bertz CT molecular complexity index is 297. The molecular weight excluding hydrogens is 205 g/mol. The maximum Gasteiger partial charge on any atom is 1.00 e. The van der Waals surface area contributed by atoms with Gasteiger partial charge in [-0.15, -0.1) is 0 Å². The average molecular weight is 217 g/mol. The number of hydrogen-bond donors (Lipinski definition) is 1. The maximum atomic E-state index is 10.4. The van der Waals surface area contributed by atoms with Gasteiger partial charge in [-0.05, 0) is 24.9 Å². The Morgan fingerprint density at radius 2 is 1.93 bits per heavy atom. The van der Waals surface area contributed by atoms with Crippen molar-refractivity contribution in [3.05, 3.63) is 41.1 Å². The Morgan fingerprint density at radius 3 is 2.36 bits per heavy atom. The van der Waals surface area contributed by atoms with Gasteiger partial charge in [-0.2, -0.15) is 0 Å². The predicted molar refractivity (Wildman–Crippen MR) is 50.6 cm³/mol. The standard InChI is InChI=1S/C10H12NO2.K/c1-7-2-4-8(5-3-7)6-9(11)10(12)13;/h2-5,9,11H,6H2,1H3,(H,12,13);/q-1;+1/t9-;/m0./s1. The van der Waals surface area contributed by atoms with Gasteiger partial charge < -0.3 is 10.8 Å². The second-order valence-corrected chi connectivity index (χ2v) is 3.08. The fraction of sp³-hybridized carbons (Fsp3) is 0.300. The van der Waals surface area contributed by atoms with Gasteiger partial charge in [0.25, 0.3) is 5.97 Å². The van der Waals surface area contributed by atoms with E-state index in [1.54, 1.807) is 0 Å². The summed E-state index contributed by atoms with van der Waals surface area (Å²) >= 11 is 0. The van der Waals surface area contributed by atoms with Gasteiger partial charge in [0.2, 0.25) is 0 Å². The molecule has 1 atom stereocenters. The molecule has 1 aromatic rings. The molecular formula is C10H12KNO2. The first-order chi connectivity index (χ1) is 6.09. The predicted octanol–water partition coefficient (Wildman–Crippen LogP) is -0.953. The van der Waals surface area contributed by atoms with Crippen molar-refractivity contribution >= 4 is 5.97 Å². The fourth-order valence-corrected chi connectivity index (χ4v) is 1.05. The van der Waals surface area contributed by atoms with Crippen molar-refractivity contribution in [2.45, 2.75) is 19.4 Å². The summed E-state index contributed by atoms with van der Waals surface area (Å²) < 4.78 is 0. The maximum absolute atomic E-state index is 10.4. The number of rotatable bonds is 3.